The molecular weight excluding hydrogens is 229 g/mol. The molecule has 2 aromatic rings. The first-order valence-electron chi connectivity index (χ1n) is 4.62. The number of methoxy groups -OCH3 is 1. The standard InChI is InChI=1S/C11H10FNO2S/c1-15-9-3-2-7(4-8(9)12)11(14)10-5-13-6-16-10/h2-6,11,14H,1H3. The average Bonchev–Trinajstić information content (AvgIpc) is 2.81. The first-order chi connectivity index (χ1) is 7.72. The number of aromatic nitrogens is 1. The molecule has 1 N–H and O–H groups in total. The molecule has 3 nitrogen and oxygen atoms in total. The maximum absolute atomic E-state index is 13.4. The quantitative estimate of drug-likeness (QED) is 0.894. The summed E-state index contributed by atoms with van der Waals surface area (Å²) in [6.07, 6.45) is 0.727. The lowest BCUT2D eigenvalue weighted by Crippen LogP contribution is -1.98. The monoisotopic (exact) mass is 239 g/mol. The molecule has 0 bridgehead atoms. The molecule has 0 aliphatic carbocycles. The van der Waals surface area contributed by atoms with E-state index in [1.807, 2.05) is 0 Å². The summed E-state index contributed by atoms with van der Waals surface area (Å²) in [5.74, 6) is -0.316. The Kier molecular flexibility index (Phi) is 3.17. The summed E-state index contributed by atoms with van der Waals surface area (Å²) in [5, 5.41) is 9.93. The van der Waals surface area contributed by atoms with Crippen LogP contribution < -0.4 is 4.74 Å². The van der Waals surface area contributed by atoms with Crippen LogP contribution in [0.4, 0.5) is 4.39 Å². The van der Waals surface area contributed by atoms with Crippen molar-refractivity contribution >= 4 is 11.3 Å². The van der Waals surface area contributed by atoms with Crippen LogP contribution in [0.25, 0.3) is 0 Å². The molecule has 5 heteroatoms. The van der Waals surface area contributed by atoms with E-state index in [1.165, 1.54) is 30.6 Å². The van der Waals surface area contributed by atoms with Crippen molar-refractivity contribution in [1.29, 1.82) is 0 Å². The second-order valence-corrected chi connectivity index (χ2v) is 4.12. The summed E-state index contributed by atoms with van der Waals surface area (Å²) in [6.45, 7) is 0. The van der Waals surface area contributed by atoms with Crippen molar-refractivity contribution in [3.05, 3.63) is 46.2 Å². The van der Waals surface area contributed by atoms with Gasteiger partial charge in [-0.3, -0.25) is 4.98 Å². The second kappa shape index (κ2) is 4.59. The van der Waals surface area contributed by atoms with E-state index in [4.69, 9.17) is 4.74 Å². The highest BCUT2D eigenvalue weighted by molar-refractivity contribution is 7.09. The number of rotatable bonds is 3. The van der Waals surface area contributed by atoms with E-state index in [9.17, 15) is 9.50 Å². The van der Waals surface area contributed by atoms with Crippen LogP contribution in [0.1, 0.15) is 16.5 Å². The highest BCUT2D eigenvalue weighted by atomic mass is 32.1. The zero-order valence-corrected chi connectivity index (χ0v) is 9.37. The molecule has 84 valence electrons. The molecule has 0 saturated carbocycles. The Labute approximate surface area is 96.2 Å². The van der Waals surface area contributed by atoms with Crippen molar-refractivity contribution in [2.45, 2.75) is 6.10 Å². The Morgan fingerprint density at radius 3 is 2.88 bits per heavy atom. The lowest BCUT2D eigenvalue weighted by molar-refractivity contribution is 0.223. The van der Waals surface area contributed by atoms with Crippen LogP contribution >= 0.6 is 11.3 Å². The fraction of sp³-hybridized carbons (Fsp3) is 0.182. The van der Waals surface area contributed by atoms with Crippen molar-refractivity contribution in [2.75, 3.05) is 7.11 Å². The van der Waals surface area contributed by atoms with E-state index in [1.54, 1.807) is 17.8 Å². The van der Waals surface area contributed by atoms with Crippen LogP contribution in [0, 0.1) is 5.82 Å². The van der Waals surface area contributed by atoms with E-state index in [2.05, 4.69) is 4.98 Å². The van der Waals surface area contributed by atoms with E-state index in [-0.39, 0.29) is 5.75 Å². The third kappa shape index (κ3) is 2.05. The van der Waals surface area contributed by atoms with Crippen molar-refractivity contribution in [2.24, 2.45) is 0 Å². The number of ether oxygens (including phenoxy) is 1. The minimum Gasteiger partial charge on any atom is -0.494 e. The number of thiazole rings is 1. The highest BCUT2D eigenvalue weighted by Gasteiger charge is 2.14. The van der Waals surface area contributed by atoms with Gasteiger partial charge in [0, 0.05) is 6.20 Å². The van der Waals surface area contributed by atoms with Crippen molar-refractivity contribution in [1.82, 2.24) is 4.98 Å². The number of benzene rings is 1. The summed E-state index contributed by atoms with van der Waals surface area (Å²) in [5.41, 5.74) is 2.11. The van der Waals surface area contributed by atoms with Gasteiger partial charge >= 0.3 is 0 Å². The molecule has 1 atom stereocenters. The van der Waals surface area contributed by atoms with Crippen LogP contribution in [0.2, 0.25) is 0 Å². The summed E-state index contributed by atoms with van der Waals surface area (Å²) in [4.78, 5) is 4.55. The smallest absolute Gasteiger partial charge is 0.165 e. The molecule has 1 heterocycles. The van der Waals surface area contributed by atoms with Crippen molar-refractivity contribution in [3.8, 4) is 5.75 Å². The third-order valence-electron chi connectivity index (χ3n) is 2.21. The maximum Gasteiger partial charge on any atom is 0.165 e. The van der Waals surface area contributed by atoms with Gasteiger partial charge in [0.05, 0.1) is 17.5 Å². The second-order valence-electron chi connectivity index (χ2n) is 3.20. The molecule has 1 unspecified atom stereocenters. The number of hydrogen-bond donors (Lipinski definition) is 1. The van der Waals surface area contributed by atoms with E-state index in [0.29, 0.717) is 10.4 Å². The van der Waals surface area contributed by atoms with E-state index < -0.39 is 11.9 Å². The first-order valence-corrected chi connectivity index (χ1v) is 5.50. The fourth-order valence-electron chi connectivity index (χ4n) is 1.38. The van der Waals surface area contributed by atoms with Crippen LogP contribution in [0.15, 0.2) is 29.9 Å². The minimum atomic E-state index is -0.840. The average molecular weight is 239 g/mol. The van der Waals surface area contributed by atoms with Gasteiger partial charge in [0.15, 0.2) is 11.6 Å². The Bertz CT molecular complexity index is 473. The molecule has 0 amide bonds. The van der Waals surface area contributed by atoms with Crippen LogP contribution in [0.3, 0.4) is 0 Å². The molecule has 1 aromatic carbocycles. The molecular formula is C11H10FNO2S. The summed E-state index contributed by atoms with van der Waals surface area (Å²) >= 11 is 1.33. The van der Waals surface area contributed by atoms with Gasteiger partial charge in [0.2, 0.25) is 0 Å². The zero-order chi connectivity index (χ0) is 11.5. The first kappa shape index (κ1) is 11.0. The van der Waals surface area contributed by atoms with Gasteiger partial charge in [0.25, 0.3) is 0 Å². The van der Waals surface area contributed by atoms with Gasteiger partial charge in [-0.05, 0) is 17.7 Å². The Balaban J connectivity index is 2.31. The topological polar surface area (TPSA) is 42.4 Å². The molecule has 0 saturated heterocycles. The molecule has 0 radical (unpaired) electrons. The Morgan fingerprint density at radius 1 is 1.50 bits per heavy atom. The molecule has 0 aliphatic rings. The van der Waals surface area contributed by atoms with Crippen LogP contribution in [-0.2, 0) is 0 Å². The molecule has 0 fully saturated rings. The van der Waals surface area contributed by atoms with Crippen molar-refractivity contribution in [3.63, 3.8) is 0 Å². The normalized spacial score (nSPS) is 12.4. The largest absolute Gasteiger partial charge is 0.494 e. The van der Waals surface area contributed by atoms with Gasteiger partial charge in [0.1, 0.15) is 6.10 Å². The van der Waals surface area contributed by atoms with Crippen LogP contribution in [0.5, 0.6) is 5.75 Å². The summed E-state index contributed by atoms with van der Waals surface area (Å²) < 4.78 is 18.2. The Hall–Kier alpha value is -1.46. The predicted octanol–water partition coefficient (Wildman–Crippen LogP) is 2.37. The Morgan fingerprint density at radius 2 is 2.31 bits per heavy atom. The van der Waals surface area contributed by atoms with E-state index in [0.717, 1.165) is 0 Å². The lowest BCUT2D eigenvalue weighted by atomic mass is 10.1. The number of halogens is 1. The molecule has 0 spiro atoms. The highest BCUT2D eigenvalue weighted by Crippen LogP contribution is 2.27. The number of hydrogen-bond acceptors (Lipinski definition) is 4. The maximum atomic E-state index is 13.4. The molecule has 16 heavy (non-hydrogen) atoms. The van der Waals surface area contributed by atoms with Gasteiger partial charge in [-0.15, -0.1) is 11.3 Å². The third-order valence-corrected chi connectivity index (χ3v) is 3.04. The number of aliphatic hydroxyl groups excluding tert-OH is 1. The predicted molar refractivity (Wildman–Crippen MR) is 59.1 cm³/mol. The molecule has 2 rings (SSSR count). The fourth-order valence-corrected chi connectivity index (χ4v) is 2.01. The van der Waals surface area contributed by atoms with Crippen LogP contribution in [-0.4, -0.2) is 17.2 Å². The zero-order valence-electron chi connectivity index (χ0n) is 8.55. The number of nitrogens with zero attached hydrogens (tertiary/aromatic N) is 1. The minimum absolute atomic E-state index is 0.167. The lowest BCUT2D eigenvalue weighted by Gasteiger charge is -2.09. The van der Waals surface area contributed by atoms with Gasteiger partial charge < -0.3 is 9.84 Å². The molecule has 1 aromatic heterocycles. The van der Waals surface area contributed by atoms with Gasteiger partial charge in [-0.2, -0.15) is 0 Å². The summed E-state index contributed by atoms with van der Waals surface area (Å²) in [6, 6.07) is 4.39. The SMILES string of the molecule is COc1ccc(C(O)c2cncs2)cc1F. The summed E-state index contributed by atoms with van der Waals surface area (Å²) in [7, 11) is 1.40. The molecule has 0 aliphatic heterocycles. The van der Waals surface area contributed by atoms with Gasteiger partial charge in [-0.25, -0.2) is 4.39 Å². The van der Waals surface area contributed by atoms with Gasteiger partial charge in [-0.1, -0.05) is 6.07 Å². The number of aliphatic hydroxyl groups is 1. The van der Waals surface area contributed by atoms with Crippen molar-refractivity contribution < 1.29 is 14.2 Å². The van der Waals surface area contributed by atoms with E-state index >= 15 is 0 Å².